The molecule has 5 heteroatoms. The Labute approximate surface area is 137 Å². The Morgan fingerprint density at radius 3 is 2.91 bits per heavy atom. The van der Waals surface area contributed by atoms with Crippen molar-refractivity contribution in [3.63, 3.8) is 0 Å². The summed E-state index contributed by atoms with van der Waals surface area (Å²) in [6, 6.07) is 4.11. The van der Waals surface area contributed by atoms with Crippen molar-refractivity contribution in [1.82, 2.24) is 14.7 Å². The van der Waals surface area contributed by atoms with Crippen LogP contribution in [0.1, 0.15) is 41.5 Å². The molecule has 0 amide bonds. The first-order chi connectivity index (χ1) is 11.2. The van der Waals surface area contributed by atoms with Crippen molar-refractivity contribution in [2.75, 3.05) is 19.8 Å². The molecule has 1 aliphatic carbocycles. The van der Waals surface area contributed by atoms with E-state index in [-0.39, 0.29) is 0 Å². The fourth-order valence-corrected chi connectivity index (χ4v) is 3.55. The summed E-state index contributed by atoms with van der Waals surface area (Å²) >= 11 is 0. The molecule has 0 N–H and O–H groups in total. The first kappa shape index (κ1) is 15.0. The molecule has 2 aromatic rings. The van der Waals surface area contributed by atoms with Crippen LogP contribution >= 0.6 is 0 Å². The molecule has 0 saturated heterocycles. The molecule has 2 aliphatic rings. The van der Waals surface area contributed by atoms with Crippen molar-refractivity contribution in [1.29, 1.82) is 0 Å². The van der Waals surface area contributed by atoms with Crippen LogP contribution in [0.3, 0.4) is 0 Å². The minimum absolute atomic E-state index is 0.390. The van der Waals surface area contributed by atoms with Crippen LogP contribution in [0, 0.1) is 12.8 Å². The van der Waals surface area contributed by atoms with Gasteiger partial charge in [-0.1, -0.05) is 0 Å². The Balaban J connectivity index is 1.45. The molecule has 0 spiro atoms. The number of rotatable bonds is 6. The molecule has 1 fully saturated rings. The smallest absolute Gasteiger partial charge is 0.118 e. The summed E-state index contributed by atoms with van der Waals surface area (Å²) in [5, 5.41) is 4.46. The van der Waals surface area contributed by atoms with Crippen molar-refractivity contribution in [3.8, 4) is 0 Å². The second-order valence-electron chi connectivity index (χ2n) is 7.04. The number of aromatic nitrogens is 2. The number of ether oxygens (including phenoxy) is 1. The highest BCUT2D eigenvalue weighted by Gasteiger charge is 2.30. The Morgan fingerprint density at radius 2 is 2.17 bits per heavy atom. The van der Waals surface area contributed by atoms with E-state index in [0.29, 0.717) is 5.92 Å². The largest absolute Gasteiger partial charge is 0.465 e. The zero-order valence-corrected chi connectivity index (χ0v) is 14.0. The molecule has 1 unspecified atom stereocenters. The van der Waals surface area contributed by atoms with Gasteiger partial charge in [-0.3, -0.25) is 9.58 Å². The van der Waals surface area contributed by atoms with E-state index in [1.807, 2.05) is 30.9 Å². The second-order valence-corrected chi connectivity index (χ2v) is 7.04. The Hall–Kier alpha value is -1.59. The molecule has 0 bridgehead atoms. The number of furan rings is 1. The van der Waals surface area contributed by atoms with E-state index in [0.717, 1.165) is 50.3 Å². The highest BCUT2D eigenvalue weighted by Crippen LogP contribution is 2.32. The molecular formula is C18H25N3O2. The normalized spacial score (nSPS) is 21.6. The third-order valence-corrected chi connectivity index (χ3v) is 4.87. The standard InChI is InChI=1S/C18H25N3O2/c1-13-3-6-17(23-13)10-21-8-15-7-19-20(2)18(15)16(9-21)12-22-11-14-4-5-14/h3,6-7,14,16H,4-5,8-12H2,1-2H3. The first-order valence-corrected chi connectivity index (χ1v) is 8.55. The molecule has 124 valence electrons. The molecule has 2 aromatic heterocycles. The van der Waals surface area contributed by atoms with E-state index >= 15 is 0 Å². The van der Waals surface area contributed by atoms with Gasteiger partial charge in [-0.25, -0.2) is 0 Å². The first-order valence-electron chi connectivity index (χ1n) is 8.55. The van der Waals surface area contributed by atoms with Crippen molar-refractivity contribution < 1.29 is 9.15 Å². The molecule has 1 atom stereocenters. The van der Waals surface area contributed by atoms with E-state index in [1.165, 1.54) is 24.1 Å². The average Bonchev–Trinajstić information content (AvgIpc) is 3.15. The van der Waals surface area contributed by atoms with Crippen molar-refractivity contribution >= 4 is 0 Å². The Kier molecular flexibility index (Phi) is 3.99. The quantitative estimate of drug-likeness (QED) is 0.822. The lowest BCUT2D eigenvalue weighted by atomic mass is 9.97. The Bertz CT molecular complexity index is 672. The minimum atomic E-state index is 0.390. The zero-order valence-electron chi connectivity index (χ0n) is 14.0. The van der Waals surface area contributed by atoms with E-state index in [9.17, 15) is 0 Å². The van der Waals surface area contributed by atoms with Crippen molar-refractivity contribution in [2.24, 2.45) is 13.0 Å². The van der Waals surface area contributed by atoms with E-state index in [1.54, 1.807) is 0 Å². The summed E-state index contributed by atoms with van der Waals surface area (Å²) in [6.07, 6.45) is 4.68. The fourth-order valence-electron chi connectivity index (χ4n) is 3.55. The molecule has 1 saturated carbocycles. The zero-order chi connectivity index (χ0) is 15.8. The highest BCUT2D eigenvalue weighted by molar-refractivity contribution is 5.25. The van der Waals surface area contributed by atoms with Gasteiger partial charge in [-0.2, -0.15) is 5.10 Å². The molecule has 5 nitrogen and oxygen atoms in total. The fraction of sp³-hybridized carbons (Fsp3) is 0.611. The van der Waals surface area contributed by atoms with Gasteiger partial charge in [0.05, 0.1) is 19.3 Å². The molecule has 0 radical (unpaired) electrons. The van der Waals surface area contributed by atoms with Crippen LogP contribution < -0.4 is 0 Å². The van der Waals surface area contributed by atoms with Gasteiger partial charge in [0, 0.05) is 43.9 Å². The van der Waals surface area contributed by atoms with Gasteiger partial charge in [0.25, 0.3) is 0 Å². The number of hydrogen-bond donors (Lipinski definition) is 0. The Morgan fingerprint density at radius 1 is 1.30 bits per heavy atom. The van der Waals surface area contributed by atoms with Crippen LogP contribution in [0.25, 0.3) is 0 Å². The monoisotopic (exact) mass is 315 g/mol. The minimum Gasteiger partial charge on any atom is -0.465 e. The number of nitrogens with zero attached hydrogens (tertiary/aromatic N) is 3. The van der Waals surface area contributed by atoms with Gasteiger partial charge in [0.15, 0.2) is 0 Å². The predicted octanol–water partition coefficient (Wildman–Crippen LogP) is 2.85. The topological polar surface area (TPSA) is 43.4 Å². The summed E-state index contributed by atoms with van der Waals surface area (Å²) in [5.74, 6) is 3.21. The maximum absolute atomic E-state index is 5.99. The maximum atomic E-state index is 5.99. The van der Waals surface area contributed by atoms with Gasteiger partial charge in [-0.15, -0.1) is 0 Å². The van der Waals surface area contributed by atoms with Gasteiger partial charge in [0.2, 0.25) is 0 Å². The third-order valence-electron chi connectivity index (χ3n) is 4.87. The van der Waals surface area contributed by atoms with E-state index in [2.05, 4.69) is 16.1 Å². The lowest BCUT2D eigenvalue weighted by Gasteiger charge is -2.32. The molecular weight excluding hydrogens is 290 g/mol. The molecule has 1 aliphatic heterocycles. The highest BCUT2D eigenvalue weighted by atomic mass is 16.5. The molecule has 0 aromatic carbocycles. The predicted molar refractivity (Wildman–Crippen MR) is 87.1 cm³/mol. The lowest BCUT2D eigenvalue weighted by molar-refractivity contribution is 0.0852. The summed E-state index contributed by atoms with van der Waals surface area (Å²) in [4.78, 5) is 2.44. The van der Waals surface area contributed by atoms with E-state index in [4.69, 9.17) is 9.15 Å². The average molecular weight is 315 g/mol. The SMILES string of the molecule is Cc1ccc(CN2Cc3cnn(C)c3C(COCC3CC3)C2)o1. The van der Waals surface area contributed by atoms with Crippen LogP contribution in [-0.4, -0.2) is 34.4 Å². The van der Waals surface area contributed by atoms with Gasteiger partial charge in [0.1, 0.15) is 11.5 Å². The van der Waals surface area contributed by atoms with Crippen molar-refractivity contribution in [3.05, 3.63) is 41.1 Å². The second kappa shape index (κ2) is 6.13. The molecule has 4 rings (SSSR count). The molecule has 23 heavy (non-hydrogen) atoms. The van der Waals surface area contributed by atoms with E-state index < -0.39 is 0 Å². The van der Waals surface area contributed by atoms with Crippen molar-refractivity contribution in [2.45, 2.75) is 38.8 Å². The summed E-state index contributed by atoms with van der Waals surface area (Å²) < 4.78 is 13.8. The third kappa shape index (κ3) is 3.35. The van der Waals surface area contributed by atoms with Gasteiger partial charge in [-0.05, 0) is 37.8 Å². The number of fused-ring (bicyclic) bond motifs is 1. The number of hydrogen-bond acceptors (Lipinski definition) is 4. The van der Waals surface area contributed by atoms with Crippen LogP contribution in [0.5, 0.6) is 0 Å². The lowest BCUT2D eigenvalue weighted by Crippen LogP contribution is -2.35. The van der Waals surface area contributed by atoms with Gasteiger partial charge >= 0.3 is 0 Å². The van der Waals surface area contributed by atoms with Crippen LogP contribution in [-0.2, 0) is 24.9 Å². The van der Waals surface area contributed by atoms with Gasteiger partial charge < -0.3 is 9.15 Å². The maximum Gasteiger partial charge on any atom is 0.118 e. The van der Waals surface area contributed by atoms with Crippen LogP contribution in [0.2, 0.25) is 0 Å². The summed E-state index contributed by atoms with van der Waals surface area (Å²) in [6.45, 7) is 6.48. The van der Waals surface area contributed by atoms with Crippen LogP contribution in [0.4, 0.5) is 0 Å². The summed E-state index contributed by atoms with van der Waals surface area (Å²) in [5.41, 5.74) is 2.66. The molecule has 3 heterocycles. The van der Waals surface area contributed by atoms with Crippen LogP contribution in [0.15, 0.2) is 22.7 Å². The summed E-state index contributed by atoms with van der Waals surface area (Å²) in [7, 11) is 2.04. The number of aryl methyl sites for hydroxylation is 2.